The number of thiazole rings is 1. The average Bonchev–Trinajstić information content (AvgIpc) is 2.81. The van der Waals surface area contributed by atoms with Gasteiger partial charge in [-0.3, -0.25) is 0 Å². The van der Waals surface area contributed by atoms with E-state index >= 15 is 0 Å². The van der Waals surface area contributed by atoms with E-state index in [9.17, 15) is 4.39 Å². The van der Waals surface area contributed by atoms with E-state index in [0.717, 1.165) is 22.7 Å². The Bertz CT molecular complexity index is 571. The van der Waals surface area contributed by atoms with Crippen molar-refractivity contribution in [1.29, 1.82) is 0 Å². The van der Waals surface area contributed by atoms with Crippen molar-refractivity contribution in [3.05, 3.63) is 45.7 Å². The maximum Gasteiger partial charge on any atom is 0.131 e. The molecule has 1 heterocycles. The van der Waals surface area contributed by atoms with Gasteiger partial charge in [0.1, 0.15) is 18.2 Å². The van der Waals surface area contributed by atoms with Gasteiger partial charge in [0, 0.05) is 17.5 Å². The number of benzene rings is 1. The van der Waals surface area contributed by atoms with Gasteiger partial charge in [-0.05, 0) is 37.5 Å². The summed E-state index contributed by atoms with van der Waals surface area (Å²) in [5.41, 5.74) is 7.63. The van der Waals surface area contributed by atoms with Gasteiger partial charge in [0.15, 0.2) is 0 Å². The Morgan fingerprint density at radius 2 is 2.20 bits per heavy atom. The number of halogens is 1. The molecule has 0 saturated carbocycles. The molecule has 3 nitrogen and oxygen atoms in total. The summed E-state index contributed by atoms with van der Waals surface area (Å²) >= 11 is 1.58. The second-order valence-electron chi connectivity index (χ2n) is 4.81. The van der Waals surface area contributed by atoms with Gasteiger partial charge in [0.05, 0.1) is 10.7 Å². The molecule has 0 amide bonds. The van der Waals surface area contributed by atoms with E-state index in [2.05, 4.69) is 4.98 Å². The molecule has 20 heavy (non-hydrogen) atoms. The van der Waals surface area contributed by atoms with Crippen LogP contribution in [0.1, 0.15) is 29.6 Å². The van der Waals surface area contributed by atoms with Gasteiger partial charge in [0.25, 0.3) is 0 Å². The summed E-state index contributed by atoms with van der Waals surface area (Å²) < 4.78 is 19.2. The van der Waals surface area contributed by atoms with Crippen LogP contribution in [0, 0.1) is 12.7 Å². The minimum Gasteiger partial charge on any atom is -0.487 e. The highest BCUT2D eigenvalue weighted by molar-refractivity contribution is 7.09. The van der Waals surface area contributed by atoms with Crippen LogP contribution >= 0.6 is 11.3 Å². The normalized spacial score (nSPS) is 12.4. The topological polar surface area (TPSA) is 48.1 Å². The zero-order valence-corrected chi connectivity index (χ0v) is 12.5. The summed E-state index contributed by atoms with van der Waals surface area (Å²) in [4.78, 5) is 4.31. The first-order valence-corrected chi connectivity index (χ1v) is 7.53. The maximum atomic E-state index is 13.6. The molecule has 1 aromatic heterocycles. The van der Waals surface area contributed by atoms with Gasteiger partial charge >= 0.3 is 0 Å². The lowest BCUT2D eigenvalue weighted by atomic mass is 10.0. The minimum absolute atomic E-state index is 0.0471. The highest BCUT2D eigenvalue weighted by Crippen LogP contribution is 2.19. The van der Waals surface area contributed by atoms with Gasteiger partial charge in [-0.25, -0.2) is 9.37 Å². The third-order valence-electron chi connectivity index (χ3n) is 3.01. The molecule has 0 aliphatic rings. The van der Waals surface area contributed by atoms with E-state index in [1.54, 1.807) is 11.3 Å². The molecule has 2 rings (SSSR count). The van der Waals surface area contributed by atoms with Crippen molar-refractivity contribution < 1.29 is 9.13 Å². The number of ether oxygens (including phenoxy) is 1. The van der Waals surface area contributed by atoms with Crippen LogP contribution in [0.4, 0.5) is 4.39 Å². The maximum absolute atomic E-state index is 13.6. The molecule has 108 valence electrons. The molecule has 0 aliphatic carbocycles. The van der Waals surface area contributed by atoms with E-state index in [0.29, 0.717) is 18.8 Å². The van der Waals surface area contributed by atoms with Crippen molar-refractivity contribution in [3.63, 3.8) is 0 Å². The summed E-state index contributed by atoms with van der Waals surface area (Å²) in [6.45, 7) is 4.32. The molecule has 0 bridgehead atoms. The summed E-state index contributed by atoms with van der Waals surface area (Å²) in [6.07, 6.45) is 1.52. The van der Waals surface area contributed by atoms with E-state index in [1.807, 2.05) is 25.3 Å². The van der Waals surface area contributed by atoms with Gasteiger partial charge in [-0.15, -0.1) is 11.3 Å². The van der Waals surface area contributed by atoms with Crippen LogP contribution in [0.3, 0.4) is 0 Å². The summed E-state index contributed by atoms with van der Waals surface area (Å²) in [7, 11) is 0. The van der Waals surface area contributed by atoms with Gasteiger partial charge in [-0.2, -0.15) is 0 Å². The molecular formula is C15H19FN2OS. The molecule has 0 spiro atoms. The lowest BCUT2D eigenvalue weighted by molar-refractivity contribution is 0.300. The zero-order chi connectivity index (χ0) is 14.5. The second kappa shape index (κ2) is 6.81. The number of aryl methyl sites for hydroxylation is 1. The third-order valence-corrected chi connectivity index (χ3v) is 3.83. The van der Waals surface area contributed by atoms with E-state index in [1.165, 1.54) is 12.1 Å². The van der Waals surface area contributed by atoms with Gasteiger partial charge in [0.2, 0.25) is 0 Å². The number of rotatable bonds is 6. The quantitative estimate of drug-likeness (QED) is 0.887. The Labute approximate surface area is 122 Å². The first-order valence-electron chi connectivity index (χ1n) is 6.65. The molecule has 2 N–H and O–H groups in total. The molecule has 2 aromatic rings. The van der Waals surface area contributed by atoms with Crippen molar-refractivity contribution in [1.82, 2.24) is 4.98 Å². The van der Waals surface area contributed by atoms with Crippen LogP contribution in [0.25, 0.3) is 0 Å². The number of nitrogens with zero attached hydrogens (tertiary/aromatic N) is 1. The predicted molar refractivity (Wildman–Crippen MR) is 79.6 cm³/mol. The van der Waals surface area contributed by atoms with E-state index in [-0.39, 0.29) is 11.9 Å². The average molecular weight is 294 g/mol. The fourth-order valence-corrected chi connectivity index (χ4v) is 2.50. The SMILES string of the molecule is CCC(N)Cc1cc(F)cc(OCc2csc(C)n2)c1. The fourth-order valence-electron chi connectivity index (χ4n) is 1.90. The molecule has 1 atom stereocenters. The molecular weight excluding hydrogens is 275 g/mol. The van der Waals surface area contributed by atoms with Crippen LogP contribution in [0.5, 0.6) is 5.75 Å². The summed E-state index contributed by atoms with van der Waals surface area (Å²) in [5.74, 6) is 0.226. The lowest BCUT2D eigenvalue weighted by Gasteiger charge is -2.11. The van der Waals surface area contributed by atoms with Crippen LogP contribution in [-0.2, 0) is 13.0 Å². The minimum atomic E-state index is -0.296. The second-order valence-corrected chi connectivity index (χ2v) is 5.88. The highest BCUT2D eigenvalue weighted by atomic mass is 32.1. The van der Waals surface area contributed by atoms with E-state index in [4.69, 9.17) is 10.5 Å². The molecule has 5 heteroatoms. The number of nitrogens with two attached hydrogens (primary N) is 1. The Morgan fingerprint density at radius 3 is 2.85 bits per heavy atom. The van der Waals surface area contributed by atoms with Gasteiger partial charge < -0.3 is 10.5 Å². The largest absolute Gasteiger partial charge is 0.487 e. The molecule has 1 aromatic carbocycles. The number of aromatic nitrogens is 1. The Hall–Kier alpha value is -1.46. The lowest BCUT2D eigenvalue weighted by Crippen LogP contribution is -2.21. The molecule has 0 fully saturated rings. The summed E-state index contributed by atoms with van der Waals surface area (Å²) in [6, 6.07) is 4.79. The molecule has 0 saturated heterocycles. The Kier molecular flexibility index (Phi) is 5.09. The fraction of sp³-hybridized carbons (Fsp3) is 0.400. The first kappa shape index (κ1) is 14.9. The molecule has 1 unspecified atom stereocenters. The van der Waals surface area contributed by atoms with Crippen LogP contribution in [0.2, 0.25) is 0 Å². The van der Waals surface area contributed by atoms with Crippen molar-refractivity contribution in [2.75, 3.05) is 0 Å². The number of hydrogen-bond acceptors (Lipinski definition) is 4. The first-order chi connectivity index (χ1) is 9.56. The highest BCUT2D eigenvalue weighted by Gasteiger charge is 2.07. The van der Waals surface area contributed by atoms with Crippen LogP contribution < -0.4 is 10.5 Å². The molecule has 0 radical (unpaired) electrons. The summed E-state index contributed by atoms with van der Waals surface area (Å²) in [5, 5.41) is 2.94. The van der Waals surface area contributed by atoms with Crippen LogP contribution in [0.15, 0.2) is 23.6 Å². The molecule has 0 aliphatic heterocycles. The van der Waals surface area contributed by atoms with Crippen LogP contribution in [-0.4, -0.2) is 11.0 Å². The predicted octanol–water partition coefficient (Wildman–Crippen LogP) is 3.45. The van der Waals surface area contributed by atoms with Crippen molar-refractivity contribution in [2.24, 2.45) is 5.73 Å². The Morgan fingerprint density at radius 1 is 1.40 bits per heavy atom. The van der Waals surface area contributed by atoms with Gasteiger partial charge in [-0.1, -0.05) is 6.92 Å². The van der Waals surface area contributed by atoms with Crippen molar-refractivity contribution in [2.45, 2.75) is 39.3 Å². The monoisotopic (exact) mass is 294 g/mol. The van der Waals surface area contributed by atoms with Crippen molar-refractivity contribution in [3.8, 4) is 5.75 Å². The third kappa shape index (κ3) is 4.28. The smallest absolute Gasteiger partial charge is 0.131 e. The van der Waals surface area contributed by atoms with Crippen molar-refractivity contribution >= 4 is 11.3 Å². The number of hydrogen-bond donors (Lipinski definition) is 1. The Balaban J connectivity index is 2.03. The zero-order valence-electron chi connectivity index (χ0n) is 11.7. The van der Waals surface area contributed by atoms with E-state index < -0.39 is 0 Å². The standard InChI is InChI=1S/C15H19FN2OS/c1-3-13(17)5-11-4-12(16)7-15(6-11)19-8-14-9-20-10(2)18-14/h4,6-7,9,13H,3,5,8,17H2,1-2H3.